The lowest BCUT2D eigenvalue weighted by atomic mass is 10.1. The van der Waals surface area contributed by atoms with Crippen LogP contribution in [0.1, 0.15) is 20.3 Å². The van der Waals surface area contributed by atoms with Gasteiger partial charge in [0.1, 0.15) is 28.7 Å². The van der Waals surface area contributed by atoms with Gasteiger partial charge in [0.2, 0.25) is 0 Å². The predicted octanol–water partition coefficient (Wildman–Crippen LogP) is 2.70. The molecular formula is C23H30N4O+2. The van der Waals surface area contributed by atoms with E-state index in [2.05, 4.69) is 70.4 Å². The summed E-state index contributed by atoms with van der Waals surface area (Å²) in [6.45, 7) is 9.09. The number of hydrogen-bond acceptors (Lipinski definition) is 1. The number of hydrogen-bond donors (Lipinski definition) is 2. The highest BCUT2D eigenvalue weighted by molar-refractivity contribution is 5.74. The van der Waals surface area contributed by atoms with Gasteiger partial charge in [-0.3, -0.25) is 0 Å². The van der Waals surface area contributed by atoms with Crippen LogP contribution in [0.15, 0.2) is 54.7 Å². The lowest BCUT2D eigenvalue weighted by molar-refractivity contribution is -0.896. The molecule has 0 fully saturated rings. The van der Waals surface area contributed by atoms with E-state index in [1.807, 2.05) is 12.1 Å². The van der Waals surface area contributed by atoms with Gasteiger partial charge < -0.3 is 9.64 Å². The van der Waals surface area contributed by atoms with E-state index < -0.39 is 0 Å². The van der Waals surface area contributed by atoms with Crippen LogP contribution in [0.3, 0.4) is 0 Å². The number of nitrogens with one attached hydrogen (secondary N) is 2. The molecule has 5 heteroatoms. The van der Waals surface area contributed by atoms with Crippen LogP contribution in [0.25, 0.3) is 28.1 Å². The third-order valence-corrected chi connectivity index (χ3v) is 5.73. The van der Waals surface area contributed by atoms with Crippen molar-refractivity contribution < 1.29 is 14.0 Å². The fraction of sp³-hybridized carbons (Fsp3) is 0.348. The zero-order valence-electron chi connectivity index (χ0n) is 17.0. The van der Waals surface area contributed by atoms with Crippen molar-refractivity contribution >= 4 is 16.8 Å². The number of rotatable bonds is 8. The molecule has 0 radical (unpaired) electrons. The molecule has 2 aromatic carbocycles. The van der Waals surface area contributed by atoms with E-state index in [1.54, 1.807) is 12.0 Å². The topological polar surface area (TPSA) is 38.5 Å². The van der Waals surface area contributed by atoms with E-state index in [0.717, 1.165) is 24.5 Å². The van der Waals surface area contributed by atoms with E-state index in [9.17, 15) is 0 Å². The number of H-pyrrole nitrogens is 1. The third kappa shape index (κ3) is 3.38. The minimum atomic E-state index is 0.885. The van der Waals surface area contributed by atoms with Crippen molar-refractivity contribution in [2.45, 2.75) is 26.8 Å². The Hall–Kier alpha value is -2.79. The molecule has 5 nitrogen and oxygen atoms in total. The standard InChI is InChI=1S/C23H28N4O/c1-4-25(5-2)15-8-16-26-22(18-11-13-19(28-3)14-12-18)17-27-21-10-7-6-9-20(21)24-23(26)27/h6-7,9-14,17H,4-5,8,15-16H2,1-3H3/p+2. The number of aromatic nitrogens is 3. The number of ether oxygens (including phenoxy) is 1. The van der Waals surface area contributed by atoms with Crippen LogP contribution in [-0.4, -0.2) is 36.3 Å². The van der Waals surface area contributed by atoms with Gasteiger partial charge >= 0.3 is 5.78 Å². The normalized spacial score (nSPS) is 11.7. The maximum atomic E-state index is 5.33. The van der Waals surface area contributed by atoms with Crippen LogP contribution in [-0.2, 0) is 6.54 Å². The molecule has 0 aliphatic heterocycles. The van der Waals surface area contributed by atoms with E-state index in [1.165, 1.54) is 41.9 Å². The van der Waals surface area contributed by atoms with E-state index in [4.69, 9.17) is 4.74 Å². The van der Waals surface area contributed by atoms with Gasteiger partial charge in [0.25, 0.3) is 0 Å². The van der Waals surface area contributed by atoms with Crippen LogP contribution < -0.4 is 14.0 Å². The summed E-state index contributed by atoms with van der Waals surface area (Å²) in [5.41, 5.74) is 4.81. The molecule has 0 aliphatic rings. The van der Waals surface area contributed by atoms with E-state index in [-0.39, 0.29) is 0 Å². The summed E-state index contributed by atoms with van der Waals surface area (Å²) in [6.07, 6.45) is 3.40. The van der Waals surface area contributed by atoms with Gasteiger partial charge in [0.05, 0.1) is 33.3 Å². The highest BCUT2D eigenvalue weighted by Crippen LogP contribution is 2.25. The van der Waals surface area contributed by atoms with Gasteiger partial charge in [-0.25, -0.2) is 9.55 Å². The highest BCUT2D eigenvalue weighted by Gasteiger charge is 2.22. The molecular weight excluding hydrogens is 348 g/mol. The van der Waals surface area contributed by atoms with E-state index in [0.29, 0.717) is 0 Å². The largest absolute Gasteiger partial charge is 0.497 e. The van der Waals surface area contributed by atoms with Gasteiger partial charge in [-0.05, 0) is 50.2 Å². The first-order valence-corrected chi connectivity index (χ1v) is 10.2. The molecule has 4 aromatic rings. The molecule has 0 atom stereocenters. The molecule has 4 rings (SSSR count). The molecule has 0 amide bonds. The Morgan fingerprint density at radius 1 is 1.04 bits per heavy atom. The number of fused-ring (bicyclic) bond motifs is 3. The average Bonchev–Trinajstić information content (AvgIpc) is 3.28. The van der Waals surface area contributed by atoms with Gasteiger partial charge in [-0.2, -0.15) is 4.40 Å². The van der Waals surface area contributed by atoms with Gasteiger partial charge in [-0.1, -0.05) is 12.1 Å². The van der Waals surface area contributed by atoms with Crippen molar-refractivity contribution in [2.24, 2.45) is 0 Å². The van der Waals surface area contributed by atoms with Gasteiger partial charge in [0.15, 0.2) is 0 Å². The molecule has 2 aromatic heterocycles. The van der Waals surface area contributed by atoms with Crippen molar-refractivity contribution in [1.82, 2.24) is 9.55 Å². The maximum absolute atomic E-state index is 5.33. The van der Waals surface area contributed by atoms with Crippen molar-refractivity contribution in [3.05, 3.63) is 54.7 Å². The fourth-order valence-corrected chi connectivity index (χ4v) is 4.03. The number of imidazole rings is 2. The Morgan fingerprint density at radius 2 is 1.79 bits per heavy atom. The van der Waals surface area contributed by atoms with Crippen LogP contribution in [0, 0.1) is 0 Å². The quantitative estimate of drug-likeness (QED) is 0.455. The highest BCUT2D eigenvalue weighted by atomic mass is 16.5. The second-order valence-electron chi connectivity index (χ2n) is 7.29. The summed E-state index contributed by atoms with van der Waals surface area (Å²) in [4.78, 5) is 5.27. The van der Waals surface area contributed by atoms with Crippen LogP contribution in [0.4, 0.5) is 0 Å². The molecule has 0 aliphatic carbocycles. The molecule has 2 heterocycles. The van der Waals surface area contributed by atoms with Crippen LogP contribution in [0.2, 0.25) is 0 Å². The monoisotopic (exact) mass is 378 g/mol. The Kier molecular flexibility index (Phi) is 5.35. The second kappa shape index (κ2) is 8.07. The Labute approximate surface area is 166 Å². The summed E-state index contributed by atoms with van der Waals surface area (Å²) < 4.78 is 10.0. The summed E-state index contributed by atoms with van der Waals surface area (Å²) in [5.74, 6) is 2.03. The van der Waals surface area contributed by atoms with Crippen molar-refractivity contribution in [1.29, 1.82) is 0 Å². The summed E-state index contributed by atoms with van der Waals surface area (Å²) in [7, 11) is 1.71. The molecule has 28 heavy (non-hydrogen) atoms. The number of aryl methyl sites for hydroxylation is 1. The lowest BCUT2D eigenvalue weighted by Gasteiger charge is -2.14. The molecule has 2 N–H and O–H groups in total. The predicted molar refractivity (Wildman–Crippen MR) is 113 cm³/mol. The van der Waals surface area contributed by atoms with E-state index >= 15 is 0 Å². The molecule has 0 saturated heterocycles. The number of quaternary nitrogens is 1. The molecule has 146 valence electrons. The average molecular weight is 379 g/mol. The first kappa shape index (κ1) is 18.6. The Balaban J connectivity index is 1.75. The molecule has 0 unspecified atom stereocenters. The smallest absolute Gasteiger partial charge is 0.368 e. The summed E-state index contributed by atoms with van der Waals surface area (Å²) in [5, 5.41) is 0. The molecule has 0 saturated carbocycles. The zero-order valence-corrected chi connectivity index (χ0v) is 17.0. The fourth-order valence-electron chi connectivity index (χ4n) is 4.03. The maximum Gasteiger partial charge on any atom is 0.368 e. The minimum Gasteiger partial charge on any atom is -0.497 e. The second-order valence-corrected chi connectivity index (χ2v) is 7.29. The zero-order chi connectivity index (χ0) is 19.5. The van der Waals surface area contributed by atoms with Crippen molar-refractivity contribution in [2.75, 3.05) is 26.7 Å². The Bertz CT molecular complexity index is 1060. The SMILES string of the molecule is CC[NH+](CC)CCCn1c(-c2ccc(OC)cc2)c[n+]2c3ccccc3[nH]c12. The first-order chi connectivity index (χ1) is 13.7. The number of nitrogens with zero attached hydrogens (tertiary/aromatic N) is 2. The van der Waals surface area contributed by atoms with Crippen LogP contribution >= 0.6 is 0 Å². The molecule has 0 bridgehead atoms. The minimum absolute atomic E-state index is 0.885. The van der Waals surface area contributed by atoms with Gasteiger partial charge in [0, 0.05) is 12.0 Å². The number of aromatic amines is 1. The number of para-hydroxylation sites is 2. The summed E-state index contributed by atoms with van der Waals surface area (Å²) >= 11 is 0. The number of methoxy groups -OCH3 is 1. The Morgan fingerprint density at radius 3 is 2.50 bits per heavy atom. The van der Waals surface area contributed by atoms with Gasteiger partial charge in [-0.15, -0.1) is 0 Å². The van der Waals surface area contributed by atoms with Crippen molar-refractivity contribution in [3.8, 4) is 17.0 Å². The first-order valence-electron chi connectivity index (χ1n) is 10.2. The van der Waals surface area contributed by atoms with Crippen LogP contribution in [0.5, 0.6) is 5.75 Å². The molecule has 0 spiro atoms. The number of benzene rings is 2. The third-order valence-electron chi connectivity index (χ3n) is 5.73. The summed E-state index contributed by atoms with van der Waals surface area (Å²) in [6, 6.07) is 16.8. The lowest BCUT2D eigenvalue weighted by Crippen LogP contribution is -3.11. The van der Waals surface area contributed by atoms with Crippen molar-refractivity contribution in [3.63, 3.8) is 0 Å².